The van der Waals surface area contributed by atoms with Crippen LogP contribution in [0.5, 0.6) is 0 Å². The molecule has 4 heteroatoms. The van der Waals surface area contributed by atoms with Crippen molar-refractivity contribution in [3.8, 4) is 0 Å². The summed E-state index contributed by atoms with van der Waals surface area (Å²) in [4.78, 5) is 4.33. The summed E-state index contributed by atoms with van der Waals surface area (Å²) in [7, 11) is 0. The summed E-state index contributed by atoms with van der Waals surface area (Å²) in [6, 6.07) is 4.00. The number of anilines is 1. The van der Waals surface area contributed by atoms with Crippen molar-refractivity contribution in [3.63, 3.8) is 0 Å². The van der Waals surface area contributed by atoms with Crippen LogP contribution in [-0.4, -0.2) is 23.7 Å². The van der Waals surface area contributed by atoms with Crippen molar-refractivity contribution in [1.82, 2.24) is 4.98 Å². The van der Waals surface area contributed by atoms with E-state index in [1.165, 1.54) is 38.5 Å². The van der Waals surface area contributed by atoms with Crippen molar-refractivity contribution in [3.05, 3.63) is 22.8 Å². The summed E-state index contributed by atoms with van der Waals surface area (Å²) >= 11 is 3.40. The average molecular weight is 351 g/mol. The van der Waals surface area contributed by atoms with Gasteiger partial charge in [0.05, 0.1) is 12.2 Å². The molecule has 0 radical (unpaired) electrons. The molecule has 0 aliphatic heterocycles. The predicted octanol–water partition coefficient (Wildman–Crippen LogP) is 4.24. The van der Waals surface area contributed by atoms with E-state index in [-0.39, 0.29) is 5.60 Å². The van der Waals surface area contributed by atoms with Crippen LogP contribution in [0.4, 0.5) is 5.82 Å². The van der Waals surface area contributed by atoms with Gasteiger partial charge in [-0.25, -0.2) is 4.98 Å². The molecule has 1 N–H and O–H groups in total. The standard InChI is InChI=1S/C17H23BrN2O/c18-15-1-2-16(20-11-15)19-3-4-21-17-8-12-5-13(9-17)7-14(6-12)10-17/h1-2,11-14H,3-10H2,(H,19,20). The second-order valence-corrected chi connectivity index (χ2v) is 8.15. The first kappa shape index (κ1) is 14.0. The highest BCUT2D eigenvalue weighted by molar-refractivity contribution is 9.10. The number of aromatic nitrogens is 1. The van der Waals surface area contributed by atoms with Gasteiger partial charge >= 0.3 is 0 Å². The van der Waals surface area contributed by atoms with Gasteiger partial charge in [0.15, 0.2) is 0 Å². The minimum absolute atomic E-state index is 0.226. The maximum absolute atomic E-state index is 6.39. The van der Waals surface area contributed by atoms with E-state index in [2.05, 4.69) is 26.2 Å². The van der Waals surface area contributed by atoms with E-state index in [0.717, 1.165) is 41.2 Å². The van der Waals surface area contributed by atoms with Gasteiger partial charge in [0.25, 0.3) is 0 Å². The lowest BCUT2D eigenvalue weighted by Crippen LogP contribution is -2.52. The number of rotatable bonds is 5. The van der Waals surface area contributed by atoms with E-state index < -0.39 is 0 Å². The molecule has 4 fully saturated rings. The summed E-state index contributed by atoms with van der Waals surface area (Å²) in [6.45, 7) is 1.64. The Morgan fingerprint density at radius 3 is 2.38 bits per heavy atom. The maximum Gasteiger partial charge on any atom is 0.126 e. The highest BCUT2D eigenvalue weighted by atomic mass is 79.9. The summed E-state index contributed by atoms with van der Waals surface area (Å²) in [5.41, 5.74) is 0.226. The second-order valence-electron chi connectivity index (χ2n) is 7.24. The largest absolute Gasteiger partial charge is 0.373 e. The van der Waals surface area contributed by atoms with Crippen LogP contribution in [0.25, 0.3) is 0 Å². The van der Waals surface area contributed by atoms with E-state index in [9.17, 15) is 0 Å². The monoisotopic (exact) mass is 350 g/mol. The normalized spacial score (nSPS) is 36.9. The van der Waals surface area contributed by atoms with Crippen molar-refractivity contribution >= 4 is 21.7 Å². The van der Waals surface area contributed by atoms with Crippen LogP contribution in [0, 0.1) is 17.8 Å². The summed E-state index contributed by atoms with van der Waals surface area (Å²) in [6.07, 6.45) is 10.2. The third-order valence-electron chi connectivity index (χ3n) is 5.53. The zero-order valence-corrected chi connectivity index (χ0v) is 13.9. The lowest BCUT2D eigenvalue weighted by molar-refractivity contribution is -0.159. The number of ether oxygens (including phenoxy) is 1. The molecular formula is C17H23BrN2O. The number of nitrogens with zero attached hydrogens (tertiary/aromatic N) is 1. The van der Waals surface area contributed by atoms with Gasteiger partial charge in [-0.3, -0.25) is 0 Å². The second kappa shape index (κ2) is 5.54. The molecule has 5 rings (SSSR count). The van der Waals surface area contributed by atoms with Crippen molar-refractivity contribution in [1.29, 1.82) is 0 Å². The first-order valence-corrected chi connectivity index (χ1v) is 8.99. The maximum atomic E-state index is 6.39. The highest BCUT2D eigenvalue weighted by Crippen LogP contribution is 2.57. The first-order chi connectivity index (χ1) is 10.2. The van der Waals surface area contributed by atoms with E-state index in [0.29, 0.717) is 0 Å². The fraction of sp³-hybridized carbons (Fsp3) is 0.706. The highest BCUT2D eigenvalue weighted by Gasteiger charge is 2.51. The molecule has 0 unspecified atom stereocenters. The molecule has 0 saturated heterocycles. The molecule has 0 spiro atoms. The molecule has 3 nitrogen and oxygen atoms in total. The first-order valence-electron chi connectivity index (χ1n) is 8.20. The van der Waals surface area contributed by atoms with Crippen LogP contribution in [0.15, 0.2) is 22.8 Å². The minimum atomic E-state index is 0.226. The molecule has 1 aromatic heterocycles. The molecule has 0 aromatic carbocycles. The van der Waals surface area contributed by atoms with Crippen molar-refractivity contribution in [2.45, 2.75) is 44.1 Å². The molecule has 1 heterocycles. The Morgan fingerprint density at radius 1 is 1.14 bits per heavy atom. The van der Waals surface area contributed by atoms with Gasteiger partial charge in [-0.15, -0.1) is 0 Å². The van der Waals surface area contributed by atoms with Crippen molar-refractivity contribution in [2.75, 3.05) is 18.5 Å². The Labute approximate surface area is 135 Å². The number of halogens is 1. The SMILES string of the molecule is Brc1ccc(NCCOC23CC4CC(CC(C4)C2)C3)nc1. The van der Waals surface area contributed by atoms with E-state index in [1.807, 2.05) is 18.3 Å². The third-order valence-corrected chi connectivity index (χ3v) is 5.99. The Morgan fingerprint density at radius 2 is 1.81 bits per heavy atom. The van der Waals surface area contributed by atoms with Gasteiger partial charge in [0.1, 0.15) is 5.82 Å². The zero-order chi connectivity index (χ0) is 14.3. The average Bonchev–Trinajstić information content (AvgIpc) is 2.44. The number of hydrogen-bond donors (Lipinski definition) is 1. The Hall–Kier alpha value is -0.610. The molecule has 114 valence electrons. The third kappa shape index (κ3) is 2.98. The lowest BCUT2D eigenvalue weighted by Gasteiger charge is -2.56. The molecule has 0 atom stereocenters. The van der Waals surface area contributed by atoms with Gasteiger partial charge in [-0.1, -0.05) is 0 Å². The van der Waals surface area contributed by atoms with Crippen molar-refractivity contribution in [2.24, 2.45) is 17.8 Å². The fourth-order valence-electron chi connectivity index (χ4n) is 5.13. The molecule has 4 bridgehead atoms. The Kier molecular flexibility index (Phi) is 3.70. The van der Waals surface area contributed by atoms with Gasteiger partial charge in [0.2, 0.25) is 0 Å². The predicted molar refractivity (Wildman–Crippen MR) is 87.3 cm³/mol. The molecule has 4 aliphatic rings. The Bertz CT molecular complexity index is 467. The van der Waals surface area contributed by atoms with Crippen LogP contribution in [-0.2, 0) is 4.74 Å². The van der Waals surface area contributed by atoms with Crippen LogP contribution in [0.3, 0.4) is 0 Å². The fourth-order valence-corrected chi connectivity index (χ4v) is 5.37. The molecule has 0 amide bonds. The molecule has 4 saturated carbocycles. The topological polar surface area (TPSA) is 34.1 Å². The smallest absolute Gasteiger partial charge is 0.126 e. The van der Waals surface area contributed by atoms with E-state index in [4.69, 9.17) is 4.74 Å². The van der Waals surface area contributed by atoms with Crippen LogP contribution in [0.2, 0.25) is 0 Å². The van der Waals surface area contributed by atoms with Gasteiger partial charge in [-0.05, 0) is 84.3 Å². The van der Waals surface area contributed by atoms with E-state index in [1.54, 1.807) is 0 Å². The molecule has 21 heavy (non-hydrogen) atoms. The quantitative estimate of drug-likeness (QED) is 0.806. The zero-order valence-electron chi connectivity index (χ0n) is 12.4. The van der Waals surface area contributed by atoms with Gasteiger partial charge in [0, 0.05) is 17.2 Å². The van der Waals surface area contributed by atoms with Gasteiger partial charge in [-0.2, -0.15) is 0 Å². The van der Waals surface area contributed by atoms with Crippen molar-refractivity contribution < 1.29 is 4.74 Å². The summed E-state index contributed by atoms with van der Waals surface area (Å²) < 4.78 is 7.40. The minimum Gasteiger partial charge on any atom is -0.373 e. The number of pyridine rings is 1. The Balaban J connectivity index is 1.28. The number of hydrogen-bond acceptors (Lipinski definition) is 3. The van der Waals surface area contributed by atoms with Gasteiger partial charge < -0.3 is 10.1 Å². The van der Waals surface area contributed by atoms with Crippen LogP contribution < -0.4 is 5.32 Å². The van der Waals surface area contributed by atoms with E-state index >= 15 is 0 Å². The molecule has 4 aliphatic carbocycles. The lowest BCUT2D eigenvalue weighted by atomic mass is 9.54. The van der Waals surface area contributed by atoms with Crippen LogP contribution >= 0.6 is 15.9 Å². The van der Waals surface area contributed by atoms with Crippen LogP contribution in [0.1, 0.15) is 38.5 Å². The molecular weight excluding hydrogens is 328 g/mol. The molecule has 1 aromatic rings. The number of nitrogens with one attached hydrogen (secondary N) is 1. The summed E-state index contributed by atoms with van der Waals surface area (Å²) in [5, 5.41) is 3.35. The summed E-state index contributed by atoms with van der Waals surface area (Å²) in [5.74, 6) is 3.79.